The van der Waals surface area contributed by atoms with Crippen molar-refractivity contribution in [1.29, 1.82) is 0 Å². The van der Waals surface area contributed by atoms with Gasteiger partial charge in [0, 0.05) is 11.3 Å². The second kappa shape index (κ2) is 4.04. The Morgan fingerprint density at radius 2 is 2.00 bits per heavy atom. The number of nitrogens with one attached hydrogen (secondary N) is 1. The third-order valence-corrected chi connectivity index (χ3v) is 2.67. The highest BCUT2D eigenvalue weighted by molar-refractivity contribution is 5.69. The first-order valence-electron chi connectivity index (χ1n) is 5.12. The maximum Gasteiger partial charge on any atom is 0.162 e. The van der Waals surface area contributed by atoms with Crippen LogP contribution in [-0.2, 0) is 6.42 Å². The molecule has 1 heterocycles. The smallest absolute Gasteiger partial charge is 0.162 e. The van der Waals surface area contributed by atoms with Crippen LogP contribution in [-0.4, -0.2) is 10.2 Å². The van der Waals surface area contributed by atoms with Crippen molar-refractivity contribution in [2.45, 2.75) is 20.3 Å². The van der Waals surface area contributed by atoms with Gasteiger partial charge in [-0.2, -0.15) is 5.10 Å². The van der Waals surface area contributed by atoms with Crippen molar-refractivity contribution in [3.63, 3.8) is 0 Å². The number of nitrogens with zero attached hydrogens (tertiary/aromatic N) is 1. The molecule has 4 heteroatoms. The Morgan fingerprint density at radius 1 is 1.25 bits per heavy atom. The van der Waals surface area contributed by atoms with Gasteiger partial charge in [-0.05, 0) is 30.5 Å². The SMILES string of the molecule is CCc1c(-c2cn[nH]c2C)ccc(F)c1F. The zero-order valence-electron chi connectivity index (χ0n) is 9.14. The van der Waals surface area contributed by atoms with E-state index in [1.165, 1.54) is 0 Å². The molecule has 0 fully saturated rings. The fourth-order valence-electron chi connectivity index (χ4n) is 1.81. The molecule has 1 aromatic heterocycles. The van der Waals surface area contributed by atoms with Crippen LogP contribution in [0, 0.1) is 18.6 Å². The zero-order valence-corrected chi connectivity index (χ0v) is 9.14. The fourth-order valence-corrected chi connectivity index (χ4v) is 1.81. The fraction of sp³-hybridized carbons (Fsp3) is 0.250. The molecule has 84 valence electrons. The van der Waals surface area contributed by atoms with Crippen LogP contribution in [0.25, 0.3) is 11.1 Å². The van der Waals surface area contributed by atoms with Gasteiger partial charge in [0.15, 0.2) is 11.6 Å². The summed E-state index contributed by atoms with van der Waals surface area (Å²) in [4.78, 5) is 0. The van der Waals surface area contributed by atoms with Gasteiger partial charge in [-0.3, -0.25) is 5.10 Å². The van der Waals surface area contributed by atoms with Crippen molar-refractivity contribution in [3.05, 3.63) is 41.2 Å². The Kier molecular flexibility index (Phi) is 2.73. The standard InChI is InChI=1S/C12H12F2N2/c1-3-8-9(4-5-11(13)12(8)14)10-6-15-16-7(10)2/h4-6H,3H2,1-2H3,(H,15,16). The molecule has 0 spiro atoms. The van der Waals surface area contributed by atoms with Crippen molar-refractivity contribution < 1.29 is 8.78 Å². The van der Waals surface area contributed by atoms with Gasteiger partial charge in [0.1, 0.15) is 0 Å². The van der Waals surface area contributed by atoms with Crippen molar-refractivity contribution in [2.75, 3.05) is 0 Å². The van der Waals surface area contributed by atoms with Gasteiger partial charge in [-0.15, -0.1) is 0 Å². The molecule has 0 aliphatic heterocycles. The van der Waals surface area contributed by atoms with Crippen molar-refractivity contribution in [1.82, 2.24) is 10.2 Å². The Hall–Kier alpha value is -1.71. The summed E-state index contributed by atoms with van der Waals surface area (Å²) in [5.74, 6) is -1.57. The summed E-state index contributed by atoms with van der Waals surface area (Å²) in [5, 5.41) is 6.67. The van der Waals surface area contributed by atoms with Crippen molar-refractivity contribution in [2.24, 2.45) is 0 Å². The Morgan fingerprint density at radius 3 is 2.56 bits per heavy atom. The predicted molar refractivity (Wildman–Crippen MR) is 58.1 cm³/mol. The van der Waals surface area contributed by atoms with E-state index in [4.69, 9.17) is 0 Å². The summed E-state index contributed by atoms with van der Waals surface area (Å²) in [6.45, 7) is 3.65. The molecule has 1 aromatic carbocycles. The van der Waals surface area contributed by atoms with Gasteiger partial charge in [0.2, 0.25) is 0 Å². The number of rotatable bonds is 2. The topological polar surface area (TPSA) is 28.7 Å². The van der Waals surface area contributed by atoms with Gasteiger partial charge >= 0.3 is 0 Å². The third kappa shape index (κ3) is 1.60. The maximum atomic E-state index is 13.6. The van der Waals surface area contributed by atoms with Gasteiger partial charge in [-0.25, -0.2) is 8.78 Å². The highest BCUT2D eigenvalue weighted by atomic mass is 19.2. The molecule has 2 rings (SSSR count). The van der Waals surface area contributed by atoms with E-state index < -0.39 is 11.6 Å². The Balaban J connectivity index is 2.66. The normalized spacial score (nSPS) is 10.8. The number of aromatic amines is 1. The minimum atomic E-state index is -0.804. The number of aromatic nitrogens is 2. The molecule has 0 atom stereocenters. The number of hydrogen-bond acceptors (Lipinski definition) is 1. The average Bonchev–Trinajstić information content (AvgIpc) is 2.68. The number of aryl methyl sites for hydroxylation is 1. The third-order valence-electron chi connectivity index (χ3n) is 2.67. The lowest BCUT2D eigenvalue weighted by Gasteiger charge is -2.08. The summed E-state index contributed by atoms with van der Waals surface area (Å²) in [5.41, 5.74) is 2.76. The molecule has 0 aliphatic carbocycles. The van der Waals surface area contributed by atoms with Crippen LogP contribution in [0.1, 0.15) is 18.2 Å². The monoisotopic (exact) mass is 222 g/mol. The van der Waals surface area contributed by atoms with E-state index in [1.54, 1.807) is 19.2 Å². The molecule has 0 amide bonds. The minimum Gasteiger partial charge on any atom is -0.282 e. The molecule has 0 aliphatic rings. The van der Waals surface area contributed by atoms with Crippen LogP contribution in [0.3, 0.4) is 0 Å². The molecule has 0 saturated carbocycles. The van der Waals surface area contributed by atoms with Crippen LogP contribution < -0.4 is 0 Å². The van der Waals surface area contributed by atoms with Crippen LogP contribution in [0.15, 0.2) is 18.3 Å². The maximum absolute atomic E-state index is 13.6. The second-order valence-corrected chi connectivity index (χ2v) is 3.65. The molecule has 0 radical (unpaired) electrons. The molecule has 2 aromatic rings. The van der Waals surface area contributed by atoms with E-state index >= 15 is 0 Å². The molecular formula is C12H12F2N2. The summed E-state index contributed by atoms with van der Waals surface area (Å²) >= 11 is 0. The predicted octanol–water partition coefficient (Wildman–Crippen LogP) is 3.23. The van der Waals surface area contributed by atoms with Crippen LogP contribution in [0.4, 0.5) is 8.78 Å². The van der Waals surface area contributed by atoms with E-state index in [-0.39, 0.29) is 0 Å². The molecule has 1 N–H and O–H groups in total. The first-order valence-corrected chi connectivity index (χ1v) is 5.12. The molecule has 0 unspecified atom stereocenters. The van der Waals surface area contributed by atoms with Crippen LogP contribution in [0.5, 0.6) is 0 Å². The summed E-state index contributed by atoms with van der Waals surface area (Å²) in [7, 11) is 0. The summed E-state index contributed by atoms with van der Waals surface area (Å²) in [6.07, 6.45) is 2.07. The number of halogens is 2. The Bertz CT molecular complexity index is 518. The quantitative estimate of drug-likeness (QED) is 0.830. The molecule has 2 nitrogen and oxygen atoms in total. The van der Waals surface area contributed by atoms with Gasteiger partial charge < -0.3 is 0 Å². The summed E-state index contributed by atoms with van der Waals surface area (Å²) in [6, 6.07) is 2.74. The molecule has 16 heavy (non-hydrogen) atoms. The number of H-pyrrole nitrogens is 1. The summed E-state index contributed by atoms with van der Waals surface area (Å²) < 4.78 is 26.7. The largest absolute Gasteiger partial charge is 0.282 e. The van der Waals surface area contributed by atoms with Crippen LogP contribution in [0.2, 0.25) is 0 Å². The van der Waals surface area contributed by atoms with Gasteiger partial charge in [0.25, 0.3) is 0 Å². The van der Waals surface area contributed by atoms with Gasteiger partial charge in [0.05, 0.1) is 6.20 Å². The second-order valence-electron chi connectivity index (χ2n) is 3.65. The molecule has 0 bridgehead atoms. The van der Waals surface area contributed by atoms with Crippen LogP contribution >= 0.6 is 0 Å². The van der Waals surface area contributed by atoms with Crippen molar-refractivity contribution >= 4 is 0 Å². The number of hydrogen-bond donors (Lipinski definition) is 1. The van der Waals surface area contributed by atoms with E-state index in [0.29, 0.717) is 17.5 Å². The lowest BCUT2D eigenvalue weighted by Crippen LogP contribution is -1.96. The lowest BCUT2D eigenvalue weighted by molar-refractivity contribution is 0.500. The minimum absolute atomic E-state index is 0.393. The Labute approximate surface area is 92.3 Å². The molecular weight excluding hydrogens is 210 g/mol. The van der Waals surface area contributed by atoms with E-state index in [1.807, 2.05) is 6.92 Å². The highest BCUT2D eigenvalue weighted by Crippen LogP contribution is 2.28. The van der Waals surface area contributed by atoms with E-state index in [2.05, 4.69) is 10.2 Å². The lowest BCUT2D eigenvalue weighted by atomic mass is 9.98. The zero-order chi connectivity index (χ0) is 11.7. The highest BCUT2D eigenvalue weighted by Gasteiger charge is 2.15. The first-order chi connectivity index (χ1) is 7.65. The first kappa shape index (κ1) is 10.8. The van der Waals surface area contributed by atoms with Gasteiger partial charge in [-0.1, -0.05) is 13.0 Å². The average molecular weight is 222 g/mol. The molecule has 0 saturated heterocycles. The van der Waals surface area contributed by atoms with Crippen molar-refractivity contribution in [3.8, 4) is 11.1 Å². The number of benzene rings is 1. The van der Waals surface area contributed by atoms with E-state index in [0.717, 1.165) is 17.3 Å². The van der Waals surface area contributed by atoms with E-state index in [9.17, 15) is 8.78 Å².